The Labute approximate surface area is 385 Å². The zero-order valence-electron chi connectivity index (χ0n) is 45.0. The fraction of sp³-hybridized carbons (Fsp3) is 0.0877. The van der Waals surface area contributed by atoms with Crippen LogP contribution in [0.3, 0.4) is 0 Å². The van der Waals surface area contributed by atoms with Crippen molar-refractivity contribution in [1.29, 1.82) is 0 Å². The van der Waals surface area contributed by atoms with Crippen LogP contribution in [0.15, 0.2) is 198 Å². The maximum atomic E-state index is 9.15. The summed E-state index contributed by atoms with van der Waals surface area (Å²) in [6.07, 6.45) is 1.85. The second-order valence-electron chi connectivity index (χ2n) is 16.8. The Balaban J connectivity index is 1.04. The first kappa shape index (κ1) is 28.4. The van der Waals surface area contributed by atoms with Crippen molar-refractivity contribution in [3.05, 3.63) is 200 Å². The first-order valence-corrected chi connectivity index (χ1v) is 20.9. The van der Waals surface area contributed by atoms with E-state index in [2.05, 4.69) is 49.6 Å². The van der Waals surface area contributed by atoms with Crippen molar-refractivity contribution < 1.29 is 22.9 Å². The van der Waals surface area contributed by atoms with Gasteiger partial charge in [-0.3, -0.25) is 4.57 Å². The molecule has 0 unspecified atom stereocenters. The third-order valence-electron chi connectivity index (χ3n) is 11.8. The largest absolute Gasteiger partial charge is 0.457 e. The number of nitrogens with zero attached hydrogens (tertiary/aromatic N) is 5. The molecular formula is C57H43N5O2. The summed E-state index contributed by atoms with van der Waals surface area (Å²) < 4.78 is 103. The summed E-state index contributed by atoms with van der Waals surface area (Å²) >= 11 is 0. The van der Waals surface area contributed by atoms with E-state index < -0.39 is 60.4 Å². The van der Waals surface area contributed by atoms with Gasteiger partial charge in [-0.05, 0) is 76.7 Å². The quantitative estimate of drug-likeness (QED) is 0.159. The molecule has 1 aliphatic heterocycles. The van der Waals surface area contributed by atoms with Gasteiger partial charge in [0.05, 0.1) is 36.1 Å². The highest BCUT2D eigenvalue weighted by Crippen LogP contribution is 2.51. The van der Waals surface area contributed by atoms with E-state index in [1.165, 1.54) is 0 Å². The number of fused-ring (bicyclic) bond motifs is 7. The number of hydrogen-bond donors (Lipinski definition) is 0. The number of hydrogen-bond acceptors (Lipinski definition) is 6. The number of ether oxygens (including phenoxy) is 1. The van der Waals surface area contributed by atoms with E-state index in [4.69, 9.17) is 32.8 Å². The topological polar surface area (TPSA) is 59.6 Å². The van der Waals surface area contributed by atoms with Crippen LogP contribution in [0.5, 0.6) is 11.5 Å². The second kappa shape index (κ2) is 14.7. The lowest BCUT2D eigenvalue weighted by atomic mass is 9.88. The highest BCUT2D eigenvalue weighted by molar-refractivity contribution is 6.10. The molecule has 5 heterocycles. The maximum Gasteiger partial charge on any atom is 0.159 e. The van der Waals surface area contributed by atoms with E-state index in [1.807, 2.05) is 101 Å². The minimum Gasteiger partial charge on any atom is -0.457 e. The highest BCUT2D eigenvalue weighted by atomic mass is 16.5. The highest BCUT2D eigenvalue weighted by Gasteiger charge is 2.34. The molecule has 7 nitrogen and oxygen atoms in total. The number of anilines is 4. The Kier molecular flexibility index (Phi) is 6.55. The molecule has 1 aliphatic rings. The number of aromatic nitrogens is 3. The van der Waals surface area contributed by atoms with Gasteiger partial charge in [0.25, 0.3) is 0 Å². The number of benzene rings is 7. The van der Waals surface area contributed by atoms with Crippen LogP contribution in [0, 0.1) is 0 Å². The average molecular weight is 840 g/mol. The molecule has 0 aliphatic carbocycles. The van der Waals surface area contributed by atoms with Crippen LogP contribution in [0.25, 0.3) is 71.9 Å². The molecule has 0 N–H and O–H groups in total. The minimum atomic E-state index is -0.575. The molecule has 12 rings (SSSR count). The lowest BCUT2D eigenvalue weighted by Gasteiger charge is -2.27. The maximum absolute atomic E-state index is 9.15. The molecule has 0 atom stereocenters. The summed E-state index contributed by atoms with van der Waals surface area (Å²) in [5, 5.41) is 2.88. The fourth-order valence-corrected chi connectivity index (χ4v) is 8.82. The summed E-state index contributed by atoms with van der Waals surface area (Å²) in [5.74, 6) is 2.33. The molecule has 0 radical (unpaired) electrons. The first-order valence-electron chi connectivity index (χ1n) is 25.9. The van der Waals surface area contributed by atoms with Crippen LogP contribution < -0.4 is 14.5 Å². The van der Waals surface area contributed by atoms with E-state index in [9.17, 15) is 0 Å². The van der Waals surface area contributed by atoms with E-state index >= 15 is 0 Å². The van der Waals surface area contributed by atoms with Crippen molar-refractivity contribution in [2.45, 2.75) is 26.2 Å². The van der Waals surface area contributed by atoms with Gasteiger partial charge in [0, 0.05) is 57.4 Å². The van der Waals surface area contributed by atoms with Crippen molar-refractivity contribution in [2.75, 3.05) is 16.5 Å². The summed E-state index contributed by atoms with van der Waals surface area (Å²) in [4.78, 5) is 13.9. The SMILES string of the molecule is [2H]c1c([2H])c([2H])c(-c2cccc(-c3c([2H])c([2H])c([2H])c([2H])c3[2H])c2N2CN(c3cccc(Oc4ccc5c6ccccc6n(-c6cc(C(C)(C)C)ccn6)c5c4)c3)c3nc4c(cc32)oc2ccccc24)c([2H])c1[2H]. The molecule has 4 aromatic heterocycles. The van der Waals surface area contributed by atoms with Crippen molar-refractivity contribution in [3.63, 3.8) is 0 Å². The van der Waals surface area contributed by atoms with Gasteiger partial charge >= 0.3 is 0 Å². The fourth-order valence-electron chi connectivity index (χ4n) is 8.82. The van der Waals surface area contributed by atoms with Crippen LogP contribution in [-0.4, -0.2) is 21.2 Å². The molecule has 7 heteroatoms. The summed E-state index contributed by atoms with van der Waals surface area (Å²) in [6, 6.07) is 34.8. The third kappa shape index (κ3) is 6.27. The van der Waals surface area contributed by atoms with Gasteiger partial charge in [-0.1, -0.05) is 136 Å². The van der Waals surface area contributed by atoms with Gasteiger partial charge in [0.1, 0.15) is 35.1 Å². The lowest BCUT2D eigenvalue weighted by Crippen LogP contribution is -2.25. The Hall–Kier alpha value is -8.16. The van der Waals surface area contributed by atoms with E-state index in [0.29, 0.717) is 45.4 Å². The Morgan fingerprint density at radius 1 is 0.609 bits per heavy atom. The van der Waals surface area contributed by atoms with E-state index in [0.717, 1.165) is 38.6 Å². The number of para-hydroxylation sites is 3. The van der Waals surface area contributed by atoms with Crippen LogP contribution in [0.1, 0.15) is 40.0 Å². The predicted molar refractivity (Wildman–Crippen MR) is 262 cm³/mol. The van der Waals surface area contributed by atoms with Crippen molar-refractivity contribution in [1.82, 2.24) is 14.5 Å². The smallest absolute Gasteiger partial charge is 0.159 e. The van der Waals surface area contributed by atoms with Gasteiger partial charge in [0.15, 0.2) is 11.4 Å². The van der Waals surface area contributed by atoms with E-state index in [-0.39, 0.29) is 40.0 Å². The Morgan fingerprint density at radius 2 is 1.30 bits per heavy atom. The molecule has 0 saturated carbocycles. The second-order valence-corrected chi connectivity index (χ2v) is 16.8. The average Bonchev–Trinajstić information content (AvgIpc) is 4.07. The number of rotatable bonds is 7. The molecule has 11 aromatic rings. The van der Waals surface area contributed by atoms with Gasteiger partial charge < -0.3 is 19.0 Å². The van der Waals surface area contributed by atoms with Gasteiger partial charge in [-0.15, -0.1) is 0 Å². The molecule has 308 valence electrons. The zero-order valence-corrected chi connectivity index (χ0v) is 35.0. The van der Waals surface area contributed by atoms with Crippen LogP contribution in [0.4, 0.5) is 22.9 Å². The lowest BCUT2D eigenvalue weighted by molar-refractivity contribution is 0.483. The van der Waals surface area contributed by atoms with Gasteiger partial charge in [-0.25, -0.2) is 9.97 Å². The van der Waals surface area contributed by atoms with Crippen LogP contribution in [-0.2, 0) is 5.41 Å². The summed E-state index contributed by atoms with van der Waals surface area (Å²) in [7, 11) is 0. The summed E-state index contributed by atoms with van der Waals surface area (Å²) in [5.41, 5.74) is 5.96. The Bertz CT molecular complexity index is 4040. The van der Waals surface area contributed by atoms with Gasteiger partial charge in [0.2, 0.25) is 0 Å². The Morgan fingerprint density at radius 3 is 2.06 bits per heavy atom. The predicted octanol–water partition coefficient (Wildman–Crippen LogP) is 15.1. The third-order valence-corrected chi connectivity index (χ3v) is 11.8. The number of furan rings is 1. The molecule has 0 fully saturated rings. The zero-order chi connectivity index (χ0) is 51.6. The van der Waals surface area contributed by atoms with Crippen LogP contribution >= 0.6 is 0 Å². The standard InChI is InChI=1S/C57H43N5O2/c1-57(2,3)39-30-31-58-53(32-39)62-48-26-12-10-22-45(48)46-29-28-42(34-49(46)62)63-41-21-14-20-40(33-41)60-36-61(50-35-52-54(59-56(50)60)47-23-11-13-27-51(47)64-52)55-43(37-16-6-4-7-17-37)24-15-25-44(55)38-18-8-5-9-19-38/h4-35H,36H2,1-3H3/i4D,5D,6D,7D,8D,9D,16D,17D,18D,19D. The monoisotopic (exact) mass is 839 g/mol. The molecule has 0 saturated heterocycles. The van der Waals surface area contributed by atoms with Crippen molar-refractivity contribution in [3.8, 4) is 39.6 Å². The van der Waals surface area contributed by atoms with Crippen LogP contribution in [0.2, 0.25) is 0 Å². The molecule has 7 aromatic carbocycles. The molecule has 0 spiro atoms. The van der Waals surface area contributed by atoms with Crippen molar-refractivity contribution in [2.24, 2.45) is 0 Å². The first-order chi connectivity index (χ1) is 35.5. The number of pyridine rings is 2. The molecule has 64 heavy (non-hydrogen) atoms. The minimum absolute atomic E-state index is 0.00957. The molecular weight excluding hydrogens is 787 g/mol. The molecule has 0 bridgehead atoms. The normalized spacial score (nSPS) is 15.0. The van der Waals surface area contributed by atoms with Crippen molar-refractivity contribution >= 4 is 66.8 Å². The molecule has 0 amide bonds. The van der Waals surface area contributed by atoms with Gasteiger partial charge in [-0.2, -0.15) is 0 Å². The van der Waals surface area contributed by atoms with E-state index in [1.54, 1.807) is 18.2 Å². The summed E-state index contributed by atoms with van der Waals surface area (Å²) in [6.45, 7) is 6.53.